The highest BCUT2D eigenvalue weighted by atomic mass is 16.5. The monoisotopic (exact) mass is 708 g/mol. The van der Waals surface area contributed by atoms with E-state index >= 15 is 0 Å². The van der Waals surface area contributed by atoms with Crippen LogP contribution in [0.5, 0.6) is 5.88 Å². The van der Waals surface area contributed by atoms with Gasteiger partial charge in [0.1, 0.15) is 12.3 Å². The third-order valence-corrected chi connectivity index (χ3v) is 11.5. The Morgan fingerprint density at radius 1 is 0.906 bits per heavy atom. The molecule has 1 atom stereocenters. The van der Waals surface area contributed by atoms with Crippen molar-refractivity contribution in [2.24, 2.45) is 5.92 Å². The average Bonchev–Trinajstić information content (AvgIpc) is 3.17. The third kappa shape index (κ3) is 6.89. The Kier molecular flexibility index (Phi) is 8.87. The van der Waals surface area contributed by atoms with Crippen molar-refractivity contribution in [1.82, 2.24) is 25.2 Å². The highest BCUT2D eigenvalue weighted by Crippen LogP contribution is 2.37. The van der Waals surface area contributed by atoms with Crippen LogP contribution in [-0.2, 0) is 9.59 Å². The molecule has 3 N–H and O–H groups in total. The fourth-order valence-corrected chi connectivity index (χ4v) is 8.33. The van der Waals surface area contributed by atoms with Gasteiger partial charge >= 0.3 is 0 Å². The van der Waals surface area contributed by atoms with Crippen LogP contribution in [0, 0.1) is 12.8 Å². The number of hydrogen-bond donors (Lipinski definition) is 3. The number of nitrogens with one attached hydrogen (secondary N) is 3. The van der Waals surface area contributed by atoms with Gasteiger partial charge in [-0.3, -0.25) is 14.9 Å². The summed E-state index contributed by atoms with van der Waals surface area (Å²) in [6.07, 6.45) is 7.11. The number of nitrogens with zero attached hydrogens (tertiary/aromatic N) is 5. The van der Waals surface area contributed by atoms with E-state index in [2.05, 4.69) is 109 Å². The van der Waals surface area contributed by atoms with Crippen LogP contribution in [0.3, 0.4) is 0 Å². The summed E-state index contributed by atoms with van der Waals surface area (Å²) in [4.78, 5) is 42.8. The van der Waals surface area contributed by atoms with Crippen molar-refractivity contribution in [3.63, 3.8) is 0 Å². The van der Waals surface area contributed by atoms with E-state index in [0.717, 1.165) is 83.8 Å². The summed E-state index contributed by atoms with van der Waals surface area (Å²) in [5, 5.41) is 10.3. The largest absolute Gasteiger partial charge is 0.474 e. The molecule has 1 unspecified atom stereocenters. The van der Waals surface area contributed by atoms with E-state index in [-0.39, 0.29) is 17.7 Å². The molecule has 2 aromatic heterocycles. The molecule has 0 bridgehead atoms. The van der Waals surface area contributed by atoms with Crippen LogP contribution >= 0.6 is 0 Å². The fourth-order valence-electron chi connectivity index (χ4n) is 8.33. The van der Waals surface area contributed by atoms with Crippen LogP contribution in [0.1, 0.15) is 54.2 Å². The molecule has 0 spiro atoms. The van der Waals surface area contributed by atoms with Crippen LogP contribution in [0.25, 0.3) is 22.0 Å². The van der Waals surface area contributed by atoms with Crippen LogP contribution in [0.15, 0.2) is 79.1 Å². The summed E-state index contributed by atoms with van der Waals surface area (Å²) >= 11 is 0. The van der Waals surface area contributed by atoms with Crippen molar-refractivity contribution in [2.45, 2.75) is 44.4 Å². The number of amides is 2. The van der Waals surface area contributed by atoms with Crippen LogP contribution in [0.4, 0.5) is 23.0 Å². The molecule has 5 aromatic rings. The van der Waals surface area contributed by atoms with Gasteiger partial charge in [0.2, 0.25) is 23.6 Å². The number of ether oxygens (including phenoxy) is 1. The SMILES string of the molecule is Cc1c(-c2ccc3cnc(Nc4ccc(C5CN(CC6CCN(c7ccc(C8CCC(=O)NC8=O)cc7)CC6)C5)cc4)nc3c2)cnc2c1NCCO2. The zero-order valence-corrected chi connectivity index (χ0v) is 30.0. The first-order chi connectivity index (χ1) is 25.9. The molecular formula is C42H44N8O3. The molecule has 4 aliphatic heterocycles. The molecular weight excluding hydrogens is 665 g/mol. The number of hydrogen-bond acceptors (Lipinski definition) is 10. The van der Waals surface area contributed by atoms with Crippen molar-refractivity contribution < 1.29 is 14.3 Å². The lowest BCUT2D eigenvalue weighted by atomic mass is 9.88. The number of pyridine rings is 1. The predicted octanol–water partition coefficient (Wildman–Crippen LogP) is 6.38. The number of rotatable bonds is 8. The number of fused-ring (bicyclic) bond motifs is 2. The van der Waals surface area contributed by atoms with Crippen molar-refractivity contribution >= 4 is 45.7 Å². The standard InChI is InChI=1S/C42H44N8O3/c1-26-36(22-44-41-39(26)43-16-19-53-41)30-2-3-31-21-45-42(47-37(31)20-30)46-33-8-4-28(5-9-33)32-24-49(25-32)23-27-14-17-50(18-15-27)34-10-6-29(7-11-34)35-12-13-38(51)48-40(35)52/h2-11,20-22,27,32,35,43H,12-19,23-25H2,1H3,(H,45,46,47)(H,48,51,52). The predicted molar refractivity (Wildman–Crippen MR) is 207 cm³/mol. The maximum absolute atomic E-state index is 12.3. The number of anilines is 4. The minimum atomic E-state index is -0.231. The van der Waals surface area contributed by atoms with Gasteiger partial charge in [-0.1, -0.05) is 36.4 Å². The van der Waals surface area contributed by atoms with E-state index in [9.17, 15) is 9.59 Å². The summed E-state index contributed by atoms with van der Waals surface area (Å²) in [6.45, 7) is 8.97. The first-order valence-corrected chi connectivity index (χ1v) is 18.8. The first-order valence-electron chi connectivity index (χ1n) is 18.8. The number of benzene rings is 3. The molecule has 9 rings (SSSR count). The van der Waals surface area contributed by atoms with E-state index in [1.165, 1.54) is 24.1 Å². The third-order valence-electron chi connectivity index (χ3n) is 11.5. The Bertz CT molecular complexity index is 2160. The highest BCUT2D eigenvalue weighted by Gasteiger charge is 2.32. The van der Waals surface area contributed by atoms with E-state index in [0.29, 0.717) is 43.1 Å². The number of carbonyl (C=O) groups is 2. The van der Waals surface area contributed by atoms with Gasteiger partial charge in [-0.2, -0.15) is 0 Å². The molecule has 11 heteroatoms. The fraction of sp³-hybridized carbons (Fsp3) is 0.357. The van der Waals surface area contributed by atoms with Gasteiger partial charge in [-0.25, -0.2) is 15.0 Å². The second kappa shape index (κ2) is 14.1. The van der Waals surface area contributed by atoms with Crippen LogP contribution in [-0.4, -0.2) is 77.5 Å². The van der Waals surface area contributed by atoms with Gasteiger partial charge in [-0.05, 0) is 84.7 Å². The van der Waals surface area contributed by atoms with Crippen molar-refractivity contribution in [1.29, 1.82) is 0 Å². The molecule has 3 fully saturated rings. The Morgan fingerprint density at radius 3 is 2.49 bits per heavy atom. The van der Waals surface area contributed by atoms with E-state index in [1.807, 2.05) is 12.4 Å². The number of aromatic nitrogens is 3. The topological polar surface area (TPSA) is 125 Å². The second-order valence-corrected chi connectivity index (χ2v) is 14.9. The number of piperidine rings is 2. The molecule has 11 nitrogen and oxygen atoms in total. The quantitative estimate of drug-likeness (QED) is 0.156. The normalized spacial score (nSPS) is 19.6. The highest BCUT2D eigenvalue weighted by molar-refractivity contribution is 6.01. The molecule has 3 saturated heterocycles. The lowest BCUT2D eigenvalue weighted by Crippen LogP contribution is -2.48. The summed E-state index contributed by atoms with van der Waals surface area (Å²) in [5.41, 5.74) is 9.62. The van der Waals surface area contributed by atoms with Gasteiger partial charge < -0.3 is 25.2 Å². The molecule has 0 saturated carbocycles. The van der Waals surface area contributed by atoms with E-state index in [1.54, 1.807) is 0 Å². The molecule has 270 valence electrons. The molecule has 2 amide bonds. The maximum Gasteiger partial charge on any atom is 0.237 e. The lowest BCUT2D eigenvalue weighted by molar-refractivity contribution is -0.134. The first kappa shape index (κ1) is 33.3. The Labute approximate surface area is 309 Å². The molecule has 53 heavy (non-hydrogen) atoms. The minimum absolute atomic E-state index is 0.171. The Balaban J connectivity index is 0.755. The van der Waals surface area contributed by atoms with Gasteiger partial charge in [0.05, 0.1) is 11.4 Å². The summed E-state index contributed by atoms with van der Waals surface area (Å²) < 4.78 is 5.71. The van der Waals surface area contributed by atoms with E-state index < -0.39 is 0 Å². The molecule has 0 aliphatic carbocycles. The van der Waals surface area contributed by atoms with Gasteiger partial charge in [0.25, 0.3) is 0 Å². The Hall–Kier alpha value is -5.55. The van der Waals surface area contributed by atoms with Crippen LogP contribution < -0.4 is 25.6 Å². The van der Waals surface area contributed by atoms with Crippen molar-refractivity contribution in [2.75, 3.05) is 61.4 Å². The maximum atomic E-state index is 12.3. The summed E-state index contributed by atoms with van der Waals surface area (Å²) in [6, 6.07) is 23.4. The molecule has 4 aliphatic rings. The summed E-state index contributed by atoms with van der Waals surface area (Å²) in [5.74, 6) is 1.93. The van der Waals surface area contributed by atoms with Crippen LogP contribution in [0.2, 0.25) is 0 Å². The van der Waals surface area contributed by atoms with Gasteiger partial charge in [0.15, 0.2) is 0 Å². The van der Waals surface area contributed by atoms with Crippen molar-refractivity contribution in [3.8, 4) is 17.0 Å². The van der Waals surface area contributed by atoms with Crippen molar-refractivity contribution in [3.05, 3.63) is 95.8 Å². The summed E-state index contributed by atoms with van der Waals surface area (Å²) in [7, 11) is 0. The number of carbonyl (C=O) groups excluding carboxylic acids is 2. The number of likely N-dealkylation sites (tertiary alicyclic amines) is 1. The lowest BCUT2D eigenvalue weighted by Gasteiger charge is -2.43. The molecule has 3 aromatic carbocycles. The number of imide groups is 1. The molecule has 6 heterocycles. The minimum Gasteiger partial charge on any atom is -0.474 e. The van der Waals surface area contributed by atoms with E-state index in [4.69, 9.17) is 9.72 Å². The average molecular weight is 709 g/mol. The van der Waals surface area contributed by atoms with Gasteiger partial charge in [0, 0.05) is 86.3 Å². The Morgan fingerprint density at radius 2 is 1.70 bits per heavy atom. The van der Waals surface area contributed by atoms with Gasteiger partial charge in [-0.15, -0.1) is 0 Å². The second-order valence-electron chi connectivity index (χ2n) is 14.9. The smallest absolute Gasteiger partial charge is 0.237 e. The molecule has 0 radical (unpaired) electrons. The zero-order chi connectivity index (χ0) is 35.9. The zero-order valence-electron chi connectivity index (χ0n) is 30.0.